The summed E-state index contributed by atoms with van der Waals surface area (Å²) in [6.07, 6.45) is 10.1. The van der Waals surface area contributed by atoms with Crippen LogP contribution >= 0.6 is 35.6 Å². The molecule has 0 atom stereocenters. The first kappa shape index (κ1) is 24.0. The number of hydrogen-bond acceptors (Lipinski definition) is 3. The monoisotopic (exact) mass is 531 g/mol. The molecule has 1 saturated carbocycles. The van der Waals surface area contributed by atoms with Crippen molar-refractivity contribution in [2.45, 2.75) is 38.6 Å². The molecule has 3 rings (SSSR count). The molecule has 1 heterocycles. The number of methoxy groups -OCH3 is 1. The van der Waals surface area contributed by atoms with Gasteiger partial charge in [0.25, 0.3) is 0 Å². The third-order valence-electron chi connectivity index (χ3n) is 5.54. The van der Waals surface area contributed by atoms with Crippen LogP contribution in [0.25, 0.3) is 5.69 Å². The Morgan fingerprint density at radius 3 is 2.62 bits per heavy atom. The minimum absolute atomic E-state index is 0. The van der Waals surface area contributed by atoms with E-state index in [1.165, 1.54) is 25.7 Å². The molecule has 29 heavy (non-hydrogen) atoms. The standard InChI is InChI=1S/C21H30ClN5O.HI/c1-23-20(25-16-21(11-12-28-2)9-3-4-10-21)24-13-17-14-26-27(15-17)19-7-5-18(22)6-8-19;/h5-8,14-15H,3-4,9-13,16H2,1-2H3,(H2,23,24,25);1H. The summed E-state index contributed by atoms with van der Waals surface area (Å²) in [5.41, 5.74) is 2.40. The number of halogens is 2. The summed E-state index contributed by atoms with van der Waals surface area (Å²) in [4.78, 5) is 4.37. The van der Waals surface area contributed by atoms with Crippen LogP contribution in [0.15, 0.2) is 41.7 Å². The Kier molecular flexibility index (Phi) is 9.71. The van der Waals surface area contributed by atoms with E-state index >= 15 is 0 Å². The summed E-state index contributed by atoms with van der Waals surface area (Å²) in [6.45, 7) is 2.41. The van der Waals surface area contributed by atoms with Crippen molar-refractivity contribution in [1.82, 2.24) is 20.4 Å². The van der Waals surface area contributed by atoms with E-state index < -0.39 is 0 Å². The van der Waals surface area contributed by atoms with Gasteiger partial charge in [0.2, 0.25) is 0 Å². The lowest BCUT2D eigenvalue weighted by Crippen LogP contribution is -2.43. The summed E-state index contributed by atoms with van der Waals surface area (Å²) in [5.74, 6) is 0.822. The first-order valence-corrected chi connectivity index (χ1v) is 10.2. The van der Waals surface area contributed by atoms with Gasteiger partial charge in [-0.1, -0.05) is 24.4 Å². The van der Waals surface area contributed by atoms with Crippen LogP contribution < -0.4 is 10.6 Å². The fourth-order valence-corrected chi connectivity index (χ4v) is 3.95. The molecule has 0 spiro atoms. The topological polar surface area (TPSA) is 63.5 Å². The number of ether oxygens (including phenoxy) is 1. The Morgan fingerprint density at radius 2 is 1.97 bits per heavy atom. The summed E-state index contributed by atoms with van der Waals surface area (Å²) in [7, 11) is 3.59. The number of aromatic nitrogens is 2. The maximum absolute atomic E-state index is 5.95. The normalized spacial score (nSPS) is 15.8. The van der Waals surface area contributed by atoms with Crippen molar-refractivity contribution in [2.24, 2.45) is 10.4 Å². The van der Waals surface area contributed by atoms with Crippen molar-refractivity contribution in [3.63, 3.8) is 0 Å². The number of benzene rings is 1. The number of nitrogens with zero attached hydrogens (tertiary/aromatic N) is 3. The van der Waals surface area contributed by atoms with E-state index in [1.54, 1.807) is 7.11 Å². The van der Waals surface area contributed by atoms with E-state index in [0.29, 0.717) is 12.0 Å². The highest BCUT2D eigenvalue weighted by molar-refractivity contribution is 14.0. The third kappa shape index (κ3) is 6.86. The molecule has 8 heteroatoms. The highest BCUT2D eigenvalue weighted by Crippen LogP contribution is 2.40. The number of rotatable bonds is 8. The van der Waals surface area contributed by atoms with Crippen LogP contribution in [0.2, 0.25) is 5.02 Å². The predicted molar refractivity (Wildman–Crippen MR) is 130 cm³/mol. The molecule has 2 aromatic rings. The molecular weight excluding hydrogens is 501 g/mol. The third-order valence-corrected chi connectivity index (χ3v) is 5.79. The van der Waals surface area contributed by atoms with Gasteiger partial charge in [0.1, 0.15) is 0 Å². The maximum atomic E-state index is 5.95. The maximum Gasteiger partial charge on any atom is 0.191 e. The predicted octanol–water partition coefficient (Wildman–Crippen LogP) is 4.41. The first-order valence-electron chi connectivity index (χ1n) is 9.87. The molecule has 1 fully saturated rings. The van der Waals surface area contributed by atoms with Crippen molar-refractivity contribution in [2.75, 3.05) is 27.3 Å². The van der Waals surface area contributed by atoms with Gasteiger partial charge in [-0.2, -0.15) is 5.10 Å². The Labute approximate surface area is 195 Å². The van der Waals surface area contributed by atoms with Crippen LogP contribution in [0, 0.1) is 5.41 Å². The molecule has 0 radical (unpaired) electrons. The molecule has 6 nitrogen and oxygen atoms in total. The molecule has 0 amide bonds. The van der Waals surface area contributed by atoms with E-state index in [-0.39, 0.29) is 24.0 Å². The average molecular weight is 532 g/mol. The van der Waals surface area contributed by atoms with Crippen molar-refractivity contribution in [1.29, 1.82) is 0 Å². The molecule has 2 N–H and O–H groups in total. The number of aliphatic imine (C=N–C) groups is 1. The largest absolute Gasteiger partial charge is 0.385 e. The van der Waals surface area contributed by atoms with Crippen LogP contribution in [-0.4, -0.2) is 43.0 Å². The molecule has 1 aliphatic carbocycles. The minimum Gasteiger partial charge on any atom is -0.385 e. The van der Waals surface area contributed by atoms with Crippen LogP contribution in [0.4, 0.5) is 0 Å². The number of hydrogen-bond donors (Lipinski definition) is 2. The quantitative estimate of drug-likeness (QED) is 0.301. The highest BCUT2D eigenvalue weighted by Gasteiger charge is 2.33. The Balaban J connectivity index is 0.00000300. The molecule has 0 unspecified atom stereocenters. The van der Waals surface area contributed by atoms with Crippen molar-refractivity contribution >= 4 is 41.5 Å². The fourth-order valence-electron chi connectivity index (χ4n) is 3.82. The van der Waals surface area contributed by atoms with Gasteiger partial charge in [0.05, 0.1) is 11.9 Å². The summed E-state index contributed by atoms with van der Waals surface area (Å²) >= 11 is 5.95. The van der Waals surface area contributed by atoms with Crippen LogP contribution in [0.5, 0.6) is 0 Å². The Bertz CT molecular complexity index is 772. The summed E-state index contributed by atoms with van der Waals surface area (Å²) < 4.78 is 7.17. The van der Waals surface area contributed by atoms with Gasteiger partial charge in [0.15, 0.2) is 5.96 Å². The van der Waals surface area contributed by atoms with Crippen molar-refractivity contribution in [3.05, 3.63) is 47.2 Å². The van der Waals surface area contributed by atoms with E-state index in [4.69, 9.17) is 16.3 Å². The second kappa shape index (κ2) is 11.8. The molecule has 1 aromatic carbocycles. The summed E-state index contributed by atoms with van der Waals surface area (Å²) in [5, 5.41) is 12.1. The number of nitrogens with one attached hydrogen (secondary N) is 2. The minimum atomic E-state index is 0. The lowest BCUT2D eigenvalue weighted by atomic mass is 9.83. The zero-order chi connectivity index (χ0) is 19.8. The van der Waals surface area contributed by atoms with Gasteiger partial charge < -0.3 is 15.4 Å². The van der Waals surface area contributed by atoms with E-state index in [9.17, 15) is 0 Å². The van der Waals surface area contributed by atoms with Gasteiger partial charge in [-0.25, -0.2) is 4.68 Å². The summed E-state index contributed by atoms with van der Waals surface area (Å²) in [6, 6.07) is 7.64. The number of guanidine groups is 1. The Hall–Kier alpha value is -1.32. The molecule has 1 aliphatic rings. The fraction of sp³-hybridized carbons (Fsp3) is 0.524. The molecule has 0 bridgehead atoms. The lowest BCUT2D eigenvalue weighted by Gasteiger charge is -2.29. The molecule has 1 aromatic heterocycles. The van der Waals surface area contributed by atoms with Crippen LogP contribution in [0.1, 0.15) is 37.7 Å². The van der Waals surface area contributed by atoms with Gasteiger partial charge in [-0.05, 0) is 48.9 Å². The van der Waals surface area contributed by atoms with Gasteiger partial charge in [-0.15, -0.1) is 24.0 Å². The van der Waals surface area contributed by atoms with E-state index in [0.717, 1.165) is 41.8 Å². The SMILES string of the molecule is CN=C(NCc1cnn(-c2ccc(Cl)cc2)c1)NCC1(CCOC)CCCC1.I. The van der Waals surface area contributed by atoms with E-state index in [2.05, 4.69) is 20.7 Å². The zero-order valence-corrected chi connectivity index (χ0v) is 20.2. The van der Waals surface area contributed by atoms with Gasteiger partial charge >= 0.3 is 0 Å². The second-order valence-corrected chi connectivity index (χ2v) is 7.94. The molecular formula is C21H31ClIN5O. The van der Waals surface area contributed by atoms with Crippen molar-refractivity contribution in [3.8, 4) is 5.69 Å². The molecule has 0 saturated heterocycles. The van der Waals surface area contributed by atoms with Crippen LogP contribution in [-0.2, 0) is 11.3 Å². The average Bonchev–Trinajstić information content (AvgIpc) is 3.37. The molecule has 160 valence electrons. The Morgan fingerprint density at radius 1 is 1.24 bits per heavy atom. The second-order valence-electron chi connectivity index (χ2n) is 7.50. The first-order chi connectivity index (χ1) is 13.6. The van der Waals surface area contributed by atoms with Crippen molar-refractivity contribution < 1.29 is 4.74 Å². The zero-order valence-electron chi connectivity index (χ0n) is 17.2. The lowest BCUT2D eigenvalue weighted by molar-refractivity contribution is 0.138. The van der Waals surface area contributed by atoms with Gasteiger partial charge in [-0.3, -0.25) is 4.99 Å². The smallest absolute Gasteiger partial charge is 0.191 e. The van der Waals surface area contributed by atoms with Crippen LogP contribution in [0.3, 0.4) is 0 Å². The van der Waals surface area contributed by atoms with Gasteiger partial charge in [0, 0.05) is 50.6 Å². The highest BCUT2D eigenvalue weighted by atomic mass is 127. The van der Waals surface area contributed by atoms with E-state index in [1.807, 2.05) is 48.4 Å². The molecule has 0 aliphatic heterocycles.